The van der Waals surface area contributed by atoms with E-state index in [0.29, 0.717) is 24.2 Å². The highest BCUT2D eigenvalue weighted by atomic mass is 19.4. The van der Waals surface area contributed by atoms with Crippen LogP contribution >= 0.6 is 0 Å². The number of ether oxygens (including phenoxy) is 1. The van der Waals surface area contributed by atoms with Gasteiger partial charge in [0.05, 0.1) is 23.5 Å². The number of aromatic nitrogens is 2. The summed E-state index contributed by atoms with van der Waals surface area (Å²) in [5, 5.41) is 3.73. The van der Waals surface area contributed by atoms with E-state index in [1.54, 1.807) is 12.1 Å². The highest BCUT2D eigenvalue weighted by Crippen LogP contribution is 2.36. The Bertz CT molecular complexity index is 1080. The maximum absolute atomic E-state index is 13.7. The molecule has 0 radical (unpaired) electrons. The second kappa shape index (κ2) is 7.71. The van der Waals surface area contributed by atoms with Crippen molar-refractivity contribution >= 4 is 11.4 Å². The SMILES string of the molecule is Nc1cc(-c2nc(-c3ccccc3OC(F)(F)F)no2)ccc1N1CCCC(F)(F)C1. The molecule has 0 unspecified atom stereocenters. The summed E-state index contributed by atoms with van der Waals surface area (Å²) in [7, 11) is 0. The van der Waals surface area contributed by atoms with Crippen molar-refractivity contribution in [2.75, 3.05) is 23.7 Å². The number of hydrogen-bond donors (Lipinski definition) is 1. The summed E-state index contributed by atoms with van der Waals surface area (Å²) in [6.45, 7) is 0.0388. The Morgan fingerprint density at radius 3 is 2.61 bits per heavy atom. The van der Waals surface area contributed by atoms with Gasteiger partial charge in [-0.2, -0.15) is 4.98 Å². The summed E-state index contributed by atoms with van der Waals surface area (Å²) < 4.78 is 74.5. The summed E-state index contributed by atoms with van der Waals surface area (Å²) in [5.74, 6) is -3.34. The fourth-order valence-electron chi connectivity index (χ4n) is 3.46. The molecule has 0 amide bonds. The molecular formula is C20H17F5N4O2. The van der Waals surface area contributed by atoms with Crippen LogP contribution in [-0.4, -0.2) is 35.5 Å². The van der Waals surface area contributed by atoms with Crippen molar-refractivity contribution in [2.45, 2.75) is 25.1 Å². The van der Waals surface area contributed by atoms with Gasteiger partial charge in [-0.3, -0.25) is 0 Å². The van der Waals surface area contributed by atoms with E-state index in [9.17, 15) is 22.0 Å². The Balaban J connectivity index is 1.60. The molecule has 3 aromatic rings. The lowest BCUT2D eigenvalue weighted by Gasteiger charge is -2.34. The van der Waals surface area contributed by atoms with Crippen LogP contribution in [0.1, 0.15) is 12.8 Å². The van der Waals surface area contributed by atoms with Crippen molar-refractivity contribution in [1.29, 1.82) is 0 Å². The number of alkyl halides is 5. The molecule has 1 aliphatic heterocycles. The lowest BCUT2D eigenvalue weighted by molar-refractivity contribution is -0.274. The number of nitrogens with zero attached hydrogens (tertiary/aromatic N) is 3. The predicted octanol–water partition coefficient (Wildman–Crippen LogP) is 5.12. The molecule has 2 N–H and O–H groups in total. The third-order valence-electron chi connectivity index (χ3n) is 4.79. The molecule has 11 heteroatoms. The Morgan fingerprint density at radius 2 is 1.90 bits per heavy atom. The van der Waals surface area contributed by atoms with Crippen LogP contribution < -0.4 is 15.4 Å². The van der Waals surface area contributed by atoms with E-state index in [0.717, 1.165) is 6.07 Å². The van der Waals surface area contributed by atoms with Gasteiger partial charge in [0.25, 0.3) is 11.8 Å². The summed E-state index contributed by atoms with van der Waals surface area (Å²) in [6, 6.07) is 10.1. The molecule has 1 saturated heterocycles. The number of rotatable bonds is 4. The topological polar surface area (TPSA) is 77.4 Å². The zero-order valence-corrected chi connectivity index (χ0v) is 16.0. The summed E-state index contributed by atoms with van der Waals surface area (Å²) >= 11 is 0. The normalized spacial score (nSPS) is 16.4. The van der Waals surface area contributed by atoms with Gasteiger partial charge in [0.1, 0.15) is 5.75 Å². The number of nitrogens with two attached hydrogens (primary N) is 1. The minimum Gasteiger partial charge on any atom is -0.405 e. The van der Waals surface area contributed by atoms with Gasteiger partial charge in [0.15, 0.2) is 0 Å². The molecule has 1 aromatic heterocycles. The fourth-order valence-corrected chi connectivity index (χ4v) is 3.46. The molecule has 0 atom stereocenters. The van der Waals surface area contributed by atoms with Crippen molar-refractivity contribution < 1.29 is 31.2 Å². The first kappa shape index (κ1) is 20.9. The van der Waals surface area contributed by atoms with E-state index in [1.165, 1.54) is 29.2 Å². The maximum Gasteiger partial charge on any atom is 0.573 e. The third-order valence-corrected chi connectivity index (χ3v) is 4.79. The van der Waals surface area contributed by atoms with E-state index >= 15 is 0 Å². The molecule has 1 aliphatic rings. The second-order valence-electron chi connectivity index (χ2n) is 7.12. The van der Waals surface area contributed by atoms with Gasteiger partial charge in [0.2, 0.25) is 5.82 Å². The van der Waals surface area contributed by atoms with Crippen LogP contribution in [0.2, 0.25) is 0 Å². The molecule has 0 spiro atoms. The number of anilines is 2. The first-order valence-electron chi connectivity index (χ1n) is 9.33. The molecule has 4 rings (SSSR count). The van der Waals surface area contributed by atoms with Crippen LogP contribution in [0.25, 0.3) is 22.8 Å². The number of nitrogen functional groups attached to an aromatic ring is 1. The summed E-state index contributed by atoms with van der Waals surface area (Å²) in [6.07, 6.45) is -4.69. The average molecular weight is 440 g/mol. The monoisotopic (exact) mass is 440 g/mol. The molecule has 6 nitrogen and oxygen atoms in total. The number of para-hydroxylation sites is 1. The molecule has 164 valence electrons. The van der Waals surface area contributed by atoms with Crippen LogP contribution in [0.5, 0.6) is 5.75 Å². The largest absolute Gasteiger partial charge is 0.573 e. The number of hydrogen-bond acceptors (Lipinski definition) is 6. The highest BCUT2D eigenvalue weighted by Gasteiger charge is 2.36. The van der Waals surface area contributed by atoms with E-state index in [2.05, 4.69) is 14.9 Å². The van der Waals surface area contributed by atoms with E-state index < -0.39 is 24.6 Å². The molecule has 1 fully saturated rings. The Hall–Kier alpha value is -3.37. The van der Waals surface area contributed by atoms with Crippen LogP contribution in [-0.2, 0) is 0 Å². The quantitative estimate of drug-likeness (QED) is 0.448. The zero-order chi connectivity index (χ0) is 22.2. The van der Waals surface area contributed by atoms with Gasteiger partial charge < -0.3 is 19.9 Å². The van der Waals surface area contributed by atoms with Crippen molar-refractivity contribution in [2.24, 2.45) is 0 Å². The number of piperidine rings is 1. The average Bonchev–Trinajstić information content (AvgIpc) is 3.16. The molecule has 2 heterocycles. The Kier molecular flexibility index (Phi) is 5.19. The molecule has 0 bridgehead atoms. The van der Waals surface area contributed by atoms with E-state index in [-0.39, 0.29) is 29.4 Å². The van der Waals surface area contributed by atoms with Gasteiger partial charge in [-0.15, -0.1) is 13.2 Å². The third kappa shape index (κ3) is 4.70. The van der Waals surface area contributed by atoms with Gasteiger partial charge in [-0.1, -0.05) is 17.3 Å². The zero-order valence-electron chi connectivity index (χ0n) is 16.0. The fraction of sp³-hybridized carbons (Fsp3) is 0.300. The van der Waals surface area contributed by atoms with Crippen molar-refractivity contribution in [3.05, 3.63) is 42.5 Å². The number of halogens is 5. The molecule has 0 aliphatic carbocycles. The minimum atomic E-state index is -4.88. The van der Waals surface area contributed by atoms with Gasteiger partial charge in [0, 0.05) is 18.5 Å². The number of benzene rings is 2. The van der Waals surface area contributed by atoms with Crippen molar-refractivity contribution in [3.8, 4) is 28.6 Å². The first-order valence-corrected chi connectivity index (χ1v) is 9.33. The Labute approximate surface area is 173 Å². The lowest BCUT2D eigenvalue weighted by atomic mass is 10.1. The smallest absolute Gasteiger partial charge is 0.405 e. The van der Waals surface area contributed by atoms with Crippen LogP contribution in [0.4, 0.5) is 33.3 Å². The van der Waals surface area contributed by atoms with E-state index in [4.69, 9.17) is 10.3 Å². The van der Waals surface area contributed by atoms with Crippen LogP contribution in [0.15, 0.2) is 47.0 Å². The van der Waals surface area contributed by atoms with Crippen LogP contribution in [0, 0.1) is 0 Å². The molecule has 2 aromatic carbocycles. The second-order valence-corrected chi connectivity index (χ2v) is 7.12. The predicted molar refractivity (Wildman–Crippen MR) is 103 cm³/mol. The van der Waals surface area contributed by atoms with Gasteiger partial charge >= 0.3 is 6.36 Å². The van der Waals surface area contributed by atoms with Gasteiger partial charge in [-0.05, 0) is 36.8 Å². The summed E-state index contributed by atoms with van der Waals surface area (Å²) in [4.78, 5) is 5.65. The highest BCUT2D eigenvalue weighted by molar-refractivity contribution is 5.75. The summed E-state index contributed by atoms with van der Waals surface area (Å²) in [5.41, 5.74) is 7.18. The van der Waals surface area contributed by atoms with Crippen molar-refractivity contribution in [1.82, 2.24) is 10.1 Å². The molecule has 31 heavy (non-hydrogen) atoms. The standard InChI is InChI=1S/C20H17F5N4O2/c21-19(22)8-3-9-29(11-19)15-7-6-12(10-14(15)26)18-27-17(28-31-18)13-4-1-2-5-16(13)30-20(23,24)25/h1-2,4-7,10H,3,8-9,11,26H2. The Morgan fingerprint density at radius 1 is 1.13 bits per heavy atom. The minimum absolute atomic E-state index is 0.00466. The molecule has 0 saturated carbocycles. The van der Waals surface area contributed by atoms with Crippen molar-refractivity contribution in [3.63, 3.8) is 0 Å². The van der Waals surface area contributed by atoms with Crippen LogP contribution in [0.3, 0.4) is 0 Å². The van der Waals surface area contributed by atoms with Gasteiger partial charge in [-0.25, -0.2) is 8.78 Å². The van der Waals surface area contributed by atoms with E-state index in [1.807, 2.05) is 0 Å². The maximum atomic E-state index is 13.7. The molecular weight excluding hydrogens is 423 g/mol. The first-order chi connectivity index (χ1) is 14.6. The lowest BCUT2D eigenvalue weighted by Crippen LogP contribution is -2.42.